The lowest BCUT2D eigenvalue weighted by Crippen LogP contribution is -2.15. The lowest BCUT2D eigenvalue weighted by Gasteiger charge is -2.05. The second-order valence-corrected chi connectivity index (χ2v) is 4.23. The van der Waals surface area contributed by atoms with E-state index >= 15 is 0 Å². The van der Waals surface area contributed by atoms with Crippen LogP contribution >= 0.6 is 23.2 Å². The van der Waals surface area contributed by atoms with E-state index in [0.717, 1.165) is 0 Å². The van der Waals surface area contributed by atoms with Gasteiger partial charge in [0.15, 0.2) is 0 Å². The van der Waals surface area contributed by atoms with Gasteiger partial charge in [-0.05, 0) is 24.3 Å². The van der Waals surface area contributed by atoms with Crippen LogP contribution in [-0.4, -0.2) is 15.9 Å². The molecule has 0 unspecified atom stereocenters. The highest BCUT2D eigenvalue weighted by Crippen LogP contribution is 2.17. The van der Waals surface area contributed by atoms with Crippen LogP contribution in [0.3, 0.4) is 0 Å². The summed E-state index contributed by atoms with van der Waals surface area (Å²) in [5.74, 6) is 0.0837. The fourth-order valence-electron chi connectivity index (χ4n) is 1.24. The number of hydrogen-bond acceptors (Lipinski definition) is 4. The van der Waals surface area contributed by atoms with Gasteiger partial charge in [-0.3, -0.25) is 4.79 Å². The number of nitrogens with one attached hydrogen (secondary N) is 1. The molecule has 7 heteroatoms. The lowest BCUT2D eigenvalue weighted by atomic mass is 10.3. The second-order valence-electron chi connectivity index (χ2n) is 3.38. The predicted octanol–water partition coefficient (Wildman–Crippen LogP) is 2.62. The van der Waals surface area contributed by atoms with Gasteiger partial charge in [-0.25, -0.2) is 9.97 Å². The number of anilines is 2. The number of aromatic nitrogens is 2. The highest BCUT2D eigenvalue weighted by Gasteiger charge is 2.13. The molecule has 0 aliphatic heterocycles. The zero-order valence-electron chi connectivity index (χ0n) is 9.02. The van der Waals surface area contributed by atoms with E-state index in [0.29, 0.717) is 10.8 Å². The molecular weight excluding hydrogens is 275 g/mol. The van der Waals surface area contributed by atoms with Crippen LogP contribution in [0, 0.1) is 0 Å². The number of halogens is 2. The Morgan fingerprint density at radius 2 is 2.00 bits per heavy atom. The highest BCUT2D eigenvalue weighted by atomic mass is 35.5. The summed E-state index contributed by atoms with van der Waals surface area (Å²) in [6.45, 7) is 0. The van der Waals surface area contributed by atoms with Crippen molar-refractivity contribution in [3.8, 4) is 0 Å². The van der Waals surface area contributed by atoms with Gasteiger partial charge in [0.2, 0.25) is 0 Å². The molecule has 2 aromatic rings. The summed E-state index contributed by atoms with van der Waals surface area (Å²) in [4.78, 5) is 19.7. The Labute approximate surface area is 113 Å². The van der Waals surface area contributed by atoms with Crippen molar-refractivity contribution in [3.63, 3.8) is 0 Å². The summed E-state index contributed by atoms with van der Waals surface area (Å²) in [6.07, 6.45) is 1.42. The van der Waals surface area contributed by atoms with Gasteiger partial charge in [0.1, 0.15) is 17.3 Å². The van der Waals surface area contributed by atoms with Crippen LogP contribution in [0.2, 0.25) is 10.0 Å². The lowest BCUT2D eigenvalue weighted by molar-refractivity contribution is 0.102. The number of carbonyl (C=O) groups is 1. The van der Waals surface area contributed by atoms with Crippen LogP contribution in [0.25, 0.3) is 0 Å². The highest BCUT2D eigenvalue weighted by molar-refractivity contribution is 6.34. The van der Waals surface area contributed by atoms with Crippen LogP contribution in [0.4, 0.5) is 11.6 Å². The maximum absolute atomic E-state index is 11.9. The minimum absolute atomic E-state index is 0.0495. The summed E-state index contributed by atoms with van der Waals surface area (Å²) in [7, 11) is 0. The fraction of sp³-hybridized carbons (Fsp3) is 0. The van der Waals surface area contributed by atoms with E-state index in [-0.39, 0.29) is 16.5 Å². The molecule has 1 amide bonds. The zero-order chi connectivity index (χ0) is 13.1. The van der Waals surface area contributed by atoms with E-state index in [2.05, 4.69) is 15.3 Å². The molecule has 0 radical (unpaired) electrons. The number of carbonyl (C=O) groups excluding carboxylic acids is 1. The second kappa shape index (κ2) is 5.20. The van der Waals surface area contributed by atoms with E-state index in [9.17, 15) is 4.79 Å². The Balaban J connectivity index is 2.21. The molecule has 2 heterocycles. The first kappa shape index (κ1) is 12.6. The number of rotatable bonds is 2. The van der Waals surface area contributed by atoms with Crippen molar-refractivity contribution in [1.82, 2.24) is 9.97 Å². The minimum Gasteiger partial charge on any atom is -0.384 e. The van der Waals surface area contributed by atoms with Crippen molar-refractivity contribution < 1.29 is 4.79 Å². The van der Waals surface area contributed by atoms with Crippen molar-refractivity contribution in [3.05, 3.63) is 46.2 Å². The number of hydrogen-bond donors (Lipinski definition) is 2. The number of nitrogens with zero attached hydrogens (tertiary/aromatic N) is 2. The van der Waals surface area contributed by atoms with Gasteiger partial charge in [0, 0.05) is 6.20 Å². The standard InChI is InChI=1S/C11H8Cl2N4O/c12-6-1-4-9(15-5-6)17-11(18)10-7(13)2-3-8(14)16-10/h1-5H,(H2,14,16)(H,15,17,18). The summed E-state index contributed by atoms with van der Waals surface area (Å²) < 4.78 is 0. The van der Waals surface area contributed by atoms with E-state index in [1.165, 1.54) is 18.3 Å². The predicted molar refractivity (Wildman–Crippen MR) is 70.9 cm³/mol. The molecule has 18 heavy (non-hydrogen) atoms. The number of pyridine rings is 2. The molecule has 0 aliphatic rings. The van der Waals surface area contributed by atoms with Gasteiger partial charge in [-0.2, -0.15) is 0 Å². The van der Waals surface area contributed by atoms with Crippen LogP contribution in [0.5, 0.6) is 0 Å². The monoisotopic (exact) mass is 282 g/mol. The molecule has 0 saturated carbocycles. The first-order valence-corrected chi connectivity index (χ1v) is 5.67. The number of nitrogen functional groups attached to an aromatic ring is 1. The Kier molecular flexibility index (Phi) is 3.64. The van der Waals surface area contributed by atoms with Crippen LogP contribution in [-0.2, 0) is 0 Å². The van der Waals surface area contributed by atoms with Crippen molar-refractivity contribution in [2.24, 2.45) is 0 Å². The molecule has 3 N–H and O–H groups in total. The largest absolute Gasteiger partial charge is 0.384 e. The maximum atomic E-state index is 11.9. The molecule has 5 nitrogen and oxygen atoms in total. The Hall–Kier alpha value is -1.85. The van der Waals surface area contributed by atoms with Crippen LogP contribution in [0.15, 0.2) is 30.5 Å². The smallest absolute Gasteiger partial charge is 0.277 e. The van der Waals surface area contributed by atoms with Gasteiger partial charge < -0.3 is 11.1 Å². The summed E-state index contributed by atoms with van der Waals surface area (Å²) in [6, 6.07) is 6.20. The van der Waals surface area contributed by atoms with Crippen molar-refractivity contribution in [2.75, 3.05) is 11.1 Å². The fourth-order valence-corrected chi connectivity index (χ4v) is 1.54. The van der Waals surface area contributed by atoms with E-state index < -0.39 is 5.91 Å². The van der Waals surface area contributed by atoms with Crippen LogP contribution < -0.4 is 11.1 Å². The normalized spacial score (nSPS) is 10.1. The zero-order valence-corrected chi connectivity index (χ0v) is 10.5. The third kappa shape index (κ3) is 2.88. The van der Waals surface area contributed by atoms with Crippen molar-refractivity contribution in [2.45, 2.75) is 0 Å². The van der Waals surface area contributed by atoms with Gasteiger partial charge in [0.25, 0.3) is 5.91 Å². The number of nitrogens with two attached hydrogens (primary N) is 1. The Morgan fingerprint density at radius 1 is 1.22 bits per heavy atom. The van der Waals surface area contributed by atoms with Gasteiger partial charge in [0.05, 0.1) is 10.0 Å². The SMILES string of the molecule is Nc1ccc(Cl)c(C(=O)Nc2ccc(Cl)cn2)n1. The summed E-state index contributed by atoms with van der Waals surface area (Å²) >= 11 is 11.5. The first-order chi connectivity index (χ1) is 8.56. The molecule has 0 bridgehead atoms. The number of amides is 1. The molecule has 0 atom stereocenters. The third-order valence-electron chi connectivity index (χ3n) is 2.05. The van der Waals surface area contributed by atoms with E-state index in [4.69, 9.17) is 28.9 Å². The van der Waals surface area contributed by atoms with E-state index in [1.54, 1.807) is 12.1 Å². The quantitative estimate of drug-likeness (QED) is 0.887. The third-order valence-corrected chi connectivity index (χ3v) is 2.58. The Morgan fingerprint density at radius 3 is 2.67 bits per heavy atom. The molecule has 2 aromatic heterocycles. The average Bonchev–Trinajstić information content (AvgIpc) is 2.35. The molecule has 0 spiro atoms. The topological polar surface area (TPSA) is 80.9 Å². The van der Waals surface area contributed by atoms with Crippen molar-refractivity contribution in [1.29, 1.82) is 0 Å². The molecule has 0 fully saturated rings. The maximum Gasteiger partial charge on any atom is 0.277 e. The van der Waals surface area contributed by atoms with Crippen molar-refractivity contribution >= 4 is 40.7 Å². The van der Waals surface area contributed by atoms with Gasteiger partial charge in [-0.1, -0.05) is 23.2 Å². The molecule has 2 rings (SSSR count). The van der Waals surface area contributed by atoms with Gasteiger partial charge in [-0.15, -0.1) is 0 Å². The molecule has 0 aromatic carbocycles. The minimum atomic E-state index is -0.484. The molecule has 92 valence electrons. The summed E-state index contributed by atoms with van der Waals surface area (Å²) in [5.41, 5.74) is 5.55. The first-order valence-electron chi connectivity index (χ1n) is 4.91. The van der Waals surface area contributed by atoms with E-state index in [1.807, 2.05) is 0 Å². The molecule has 0 saturated heterocycles. The molecule has 0 aliphatic carbocycles. The summed E-state index contributed by atoms with van der Waals surface area (Å²) in [5, 5.41) is 3.24. The van der Waals surface area contributed by atoms with Crippen LogP contribution in [0.1, 0.15) is 10.5 Å². The molecular formula is C11H8Cl2N4O. The Bertz CT molecular complexity index is 586. The van der Waals surface area contributed by atoms with Gasteiger partial charge >= 0.3 is 0 Å². The average molecular weight is 283 g/mol.